The predicted octanol–water partition coefficient (Wildman–Crippen LogP) is 4.13. The molecule has 0 saturated carbocycles. The minimum Gasteiger partial charge on any atom is -0.465 e. The molecule has 0 unspecified atom stereocenters. The standard InChI is InChI=1S/C18H13NO3S2/c1-22-16(20)14-11-19(15-10-6-5-9-13(14)15)18(23)24-17(21)12-7-3-2-4-8-12/h2-11H,1H3. The van der Waals surface area contributed by atoms with Gasteiger partial charge >= 0.3 is 5.97 Å². The molecule has 0 bridgehead atoms. The SMILES string of the molecule is COC(=O)c1cn(C(=S)SC(=O)c2ccccc2)c2ccccc12. The van der Waals surface area contributed by atoms with E-state index in [2.05, 4.69) is 0 Å². The highest BCUT2D eigenvalue weighted by Gasteiger charge is 2.19. The minimum absolute atomic E-state index is 0.141. The third-order valence-electron chi connectivity index (χ3n) is 3.50. The molecule has 120 valence electrons. The average molecular weight is 355 g/mol. The Morgan fingerprint density at radius 3 is 2.42 bits per heavy atom. The molecule has 0 fully saturated rings. The summed E-state index contributed by atoms with van der Waals surface area (Å²) >= 11 is 6.37. The third kappa shape index (κ3) is 3.11. The average Bonchev–Trinajstić information content (AvgIpc) is 3.01. The molecule has 6 heteroatoms. The van der Waals surface area contributed by atoms with Crippen molar-refractivity contribution in [2.45, 2.75) is 0 Å². The number of esters is 1. The second kappa shape index (κ2) is 6.98. The van der Waals surface area contributed by atoms with Gasteiger partial charge in [0.2, 0.25) is 5.12 Å². The van der Waals surface area contributed by atoms with Crippen LogP contribution in [0.5, 0.6) is 0 Å². The van der Waals surface area contributed by atoms with Gasteiger partial charge in [-0.25, -0.2) is 4.79 Å². The summed E-state index contributed by atoms with van der Waals surface area (Å²) < 4.78 is 6.84. The molecule has 0 N–H and O–H groups in total. The number of nitrogens with zero attached hydrogens (tertiary/aromatic N) is 1. The van der Waals surface area contributed by atoms with E-state index in [4.69, 9.17) is 17.0 Å². The number of thiocarbonyl (C=S) groups is 1. The summed E-state index contributed by atoms with van der Waals surface area (Å²) in [4.78, 5) is 24.3. The largest absolute Gasteiger partial charge is 0.465 e. The Balaban J connectivity index is 1.96. The van der Waals surface area contributed by atoms with E-state index in [1.54, 1.807) is 35.0 Å². The summed E-state index contributed by atoms with van der Waals surface area (Å²) in [5.74, 6) is -0.438. The molecule has 0 saturated heterocycles. The summed E-state index contributed by atoms with van der Waals surface area (Å²) in [6.07, 6.45) is 1.62. The Hall–Kier alpha value is -2.44. The van der Waals surface area contributed by atoms with Crippen molar-refractivity contribution in [1.29, 1.82) is 0 Å². The number of methoxy groups -OCH3 is 1. The van der Waals surface area contributed by atoms with E-state index >= 15 is 0 Å². The Labute approximate surface area is 148 Å². The number of para-hydroxylation sites is 1. The molecule has 4 nitrogen and oxygen atoms in total. The second-order valence-corrected chi connectivity index (χ2v) is 6.55. The fourth-order valence-corrected chi connectivity index (χ4v) is 3.41. The number of carbonyl (C=O) groups excluding carboxylic acids is 2. The summed E-state index contributed by atoms with van der Waals surface area (Å²) in [6, 6.07) is 16.3. The lowest BCUT2D eigenvalue weighted by molar-refractivity contribution is 0.0603. The number of fused-ring (bicyclic) bond motifs is 1. The van der Waals surface area contributed by atoms with Crippen LogP contribution in [0.25, 0.3) is 10.9 Å². The van der Waals surface area contributed by atoms with Crippen molar-refractivity contribution >= 4 is 50.3 Å². The van der Waals surface area contributed by atoms with E-state index in [1.165, 1.54) is 7.11 Å². The highest BCUT2D eigenvalue weighted by molar-refractivity contribution is 8.33. The first-order valence-corrected chi connectivity index (χ1v) is 8.34. The van der Waals surface area contributed by atoms with Crippen molar-refractivity contribution in [1.82, 2.24) is 4.57 Å². The van der Waals surface area contributed by atoms with Gasteiger partial charge in [0, 0.05) is 17.1 Å². The number of benzene rings is 2. The van der Waals surface area contributed by atoms with Gasteiger partial charge in [-0.15, -0.1) is 0 Å². The Bertz CT molecular complexity index is 932. The van der Waals surface area contributed by atoms with Crippen molar-refractivity contribution in [2.24, 2.45) is 0 Å². The molecule has 2 aromatic carbocycles. The zero-order valence-electron chi connectivity index (χ0n) is 12.8. The molecule has 0 aliphatic carbocycles. The lowest BCUT2D eigenvalue weighted by Crippen LogP contribution is -2.07. The van der Waals surface area contributed by atoms with Crippen LogP contribution in [0.15, 0.2) is 60.8 Å². The van der Waals surface area contributed by atoms with Crippen molar-refractivity contribution in [3.63, 3.8) is 0 Å². The number of aromatic nitrogens is 1. The first kappa shape index (κ1) is 16.4. The highest BCUT2D eigenvalue weighted by atomic mass is 32.2. The number of ether oxygens (including phenoxy) is 1. The summed E-state index contributed by atoms with van der Waals surface area (Å²) in [7, 11) is 1.33. The van der Waals surface area contributed by atoms with Crippen LogP contribution in [0.2, 0.25) is 0 Å². The Kier molecular flexibility index (Phi) is 4.78. The van der Waals surface area contributed by atoms with Crippen LogP contribution in [0.1, 0.15) is 20.7 Å². The smallest absolute Gasteiger partial charge is 0.340 e. The normalized spacial score (nSPS) is 10.5. The summed E-state index contributed by atoms with van der Waals surface area (Å²) in [6.45, 7) is 0. The first-order valence-electron chi connectivity index (χ1n) is 7.12. The molecule has 1 heterocycles. The lowest BCUT2D eigenvalue weighted by Gasteiger charge is -2.06. The van der Waals surface area contributed by atoms with E-state index in [-0.39, 0.29) is 5.12 Å². The molecular weight excluding hydrogens is 342 g/mol. The quantitative estimate of drug-likeness (QED) is 0.511. The van der Waals surface area contributed by atoms with Crippen LogP contribution in [0.3, 0.4) is 0 Å². The number of rotatable bonds is 2. The molecule has 3 aromatic rings. The van der Waals surface area contributed by atoms with Crippen molar-refractivity contribution in [3.05, 3.63) is 71.9 Å². The molecule has 0 amide bonds. The van der Waals surface area contributed by atoms with Gasteiger partial charge in [-0.1, -0.05) is 60.7 Å². The number of carbonyl (C=O) groups is 2. The molecule has 0 aliphatic rings. The molecule has 0 spiro atoms. The van der Waals surface area contributed by atoms with Crippen LogP contribution in [-0.2, 0) is 4.74 Å². The fourth-order valence-electron chi connectivity index (χ4n) is 2.36. The van der Waals surface area contributed by atoms with Gasteiger partial charge in [0.15, 0.2) is 4.32 Å². The van der Waals surface area contributed by atoms with Gasteiger partial charge in [-0.3, -0.25) is 4.79 Å². The monoisotopic (exact) mass is 355 g/mol. The van der Waals surface area contributed by atoms with Crippen LogP contribution in [0.4, 0.5) is 0 Å². The number of hydrogen-bond donors (Lipinski definition) is 0. The minimum atomic E-state index is -0.438. The highest BCUT2D eigenvalue weighted by Crippen LogP contribution is 2.25. The Morgan fingerprint density at radius 2 is 1.71 bits per heavy atom. The topological polar surface area (TPSA) is 48.3 Å². The fraction of sp³-hybridized carbons (Fsp3) is 0.0556. The van der Waals surface area contributed by atoms with Gasteiger partial charge in [0.05, 0.1) is 18.2 Å². The zero-order valence-corrected chi connectivity index (χ0v) is 14.4. The van der Waals surface area contributed by atoms with E-state index in [0.717, 1.165) is 22.7 Å². The van der Waals surface area contributed by atoms with Crippen molar-refractivity contribution in [3.8, 4) is 0 Å². The van der Waals surface area contributed by atoms with Crippen LogP contribution >= 0.6 is 24.0 Å². The Morgan fingerprint density at radius 1 is 1.04 bits per heavy atom. The zero-order chi connectivity index (χ0) is 17.1. The van der Waals surface area contributed by atoms with Gasteiger partial charge in [-0.2, -0.15) is 0 Å². The third-order valence-corrected chi connectivity index (χ3v) is 4.74. The molecular formula is C18H13NO3S2. The number of thioether (sulfide) groups is 1. The first-order chi connectivity index (χ1) is 11.6. The number of hydrogen-bond acceptors (Lipinski definition) is 5. The second-order valence-electron chi connectivity index (χ2n) is 4.94. The summed E-state index contributed by atoms with van der Waals surface area (Å²) in [5.41, 5.74) is 1.76. The lowest BCUT2D eigenvalue weighted by atomic mass is 10.2. The van der Waals surface area contributed by atoms with Gasteiger partial charge in [0.1, 0.15) is 0 Å². The van der Waals surface area contributed by atoms with Crippen LogP contribution < -0.4 is 0 Å². The van der Waals surface area contributed by atoms with Gasteiger partial charge in [0.25, 0.3) is 0 Å². The van der Waals surface area contributed by atoms with E-state index in [9.17, 15) is 9.59 Å². The molecule has 1 aromatic heterocycles. The van der Waals surface area contributed by atoms with Crippen LogP contribution in [-0.4, -0.2) is 27.1 Å². The van der Waals surface area contributed by atoms with E-state index in [1.807, 2.05) is 30.3 Å². The molecule has 0 radical (unpaired) electrons. The molecule has 0 atom stereocenters. The maximum absolute atomic E-state index is 12.3. The van der Waals surface area contributed by atoms with Crippen molar-refractivity contribution < 1.29 is 14.3 Å². The van der Waals surface area contributed by atoms with Gasteiger partial charge in [-0.05, 0) is 17.8 Å². The molecule has 24 heavy (non-hydrogen) atoms. The maximum Gasteiger partial charge on any atom is 0.340 e. The maximum atomic E-state index is 12.3. The van der Waals surface area contributed by atoms with E-state index < -0.39 is 5.97 Å². The van der Waals surface area contributed by atoms with Gasteiger partial charge < -0.3 is 9.30 Å². The molecule has 3 rings (SSSR count). The van der Waals surface area contributed by atoms with E-state index in [0.29, 0.717) is 15.4 Å². The molecule has 0 aliphatic heterocycles. The predicted molar refractivity (Wildman–Crippen MR) is 99.6 cm³/mol. The summed E-state index contributed by atoms with van der Waals surface area (Å²) in [5, 5.41) is 0.595. The van der Waals surface area contributed by atoms with Crippen molar-refractivity contribution in [2.75, 3.05) is 7.11 Å². The van der Waals surface area contributed by atoms with Crippen LogP contribution in [0, 0.1) is 0 Å².